The summed E-state index contributed by atoms with van der Waals surface area (Å²) in [7, 11) is -0.0284. The molecule has 0 bridgehead atoms. The van der Waals surface area contributed by atoms with Crippen molar-refractivity contribution in [3.05, 3.63) is 47.8 Å². The second-order valence-electron chi connectivity index (χ2n) is 6.24. The predicted octanol–water partition coefficient (Wildman–Crippen LogP) is 5.50. The number of aromatic nitrogens is 2. The van der Waals surface area contributed by atoms with E-state index in [1.165, 1.54) is 5.69 Å². The summed E-state index contributed by atoms with van der Waals surface area (Å²) in [5.41, 5.74) is 5.78. The Bertz CT molecular complexity index is 600. The van der Waals surface area contributed by atoms with Gasteiger partial charge in [0.25, 0.3) is 0 Å². The van der Waals surface area contributed by atoms with Crippen LogP contribution in [-0.4, -0.2) is 21.3 Å². The van der Waals surface area contributed by atoms with Crippen LogP contribution in [0.2, 0.25) is 0 Å². The van der Waals surface area contributed by atoms with Gasteiger partial charge >= 0.3 is 0 Å². The number of hydrogen-bond acceptors (Lipinski definition) is 2. The Balaban J connectivity index is 2.26. The van der Waals surface area contributed by atoms with Gasteiger partial charge in [0.2, 0.25) is 0 Å². The first-order chi connectivity index (χ1) is 10.5. The Morgan fingerprint density at radius 3 is 1.82 bits per heavy atom. The van der Waals surface area contributed by atoms with E-state index in [9.17, 15) is 0 Å². The van der Waals surface area contributed by atoms with Gasteiger partial charge in [0.1, 0.15) is 0 Å². The summed E-state index contributed by atoms with van der Waals surface area (Å²) in [4.78, 5) is 9.57. The first-order valence-corrected chi connectivity index (χ1v) is 9.85. The third kappa shape index (κ3) is 4.36. The monoisotopic (exact) mass is 314 g/mol. The van der Waals surface area contributed by atoms with Crippen LogP contribution in [0.4, 0.5) is 0 Å². The summed E-state index contributed by atoms with van der Waals surface area (Å²) >= 11 is 0. The minimum absolute atomic E-state index is 0.0284. The lowest BCUT2D eigenvalue weighted by molar-refractivity contribution is 0.985. The maximum atomic E-state index is 4.88. The van der Waals surface area contributed by atoms with E-state index in [1.807, 2.05) is 0 Å². The van der Waals surface area contributed by atoms with Crippen LogP contribution < -0.4 is 0 Å². The predicted molar refractivity (Wildman–Crippen MR) is 97.7 cm³/mol. The van der Waals surface area contributed by atoms with E-state index in [0.717, 1.165) is 41.0 Å². The lowest BCUT2D eigenvalue weighted by atomic mass is 10.2. The maximum Gasteiger partial charge on any atom is 0.0889 e. The van der Waals surface area contributed by atoms with Gasteiger partial charge in [-0.3, -0.25) is 9.97 Å². The van der Waals surface area contributed by atoms with Crippen molar-refractivity contribution >= 4 is 7.92 Å². The van der Waals surface area contributed by atoms with Gasteiger partial charge in [-0.1, -0.05) is 54.7 Å². The summed E-state index contributed by atoms with van der Waals surface area (Å²) in [6.07, 6.45) is 2.06. The highest BCUT2D eigenvalue weighted by Crippen LogP contribution is 2.48. The average Bonchev–Trinajstić information content (AvgIpc) is 2.52. The van der Waals surface area contributed by atoms with E-state index in [0.29, 0.717) is 0 Å². The Kier molecular flexibility index (Phi) is 6.08. The van der Waals surface area contributed by atoms with Crippen molar-refractivity contribution < 1.29 is 0 Å². The zero-order valence-electron chi connectivity index (χ0n) is 14.4. The van der Waals surface area contributed by atoms with E-state index in [2.05, 4.69) is 71.0 Å². The van der Waals surface area contributed by atoms with Crippen molar-refractivity contribution in [2.45, 2.75) is 58.5 Å². The zero-order chi connectivity index (χ0) is 16.1. The van der Waals surface area contributed by atoms with E-state index < -0.39 is 0 Å². The van der Waals surface area contributed by atoms with Gasteiger partial charge < -0.3 is 0 Å². The first kappa shape index (κ1) is 17.1. The lowest BCUT2D eigenvalue weighted by Gasteiger charge is -2.25. The largest absolute Gasteiger partial charge is 0.251 e. The molecule has 2 rings (SSSR count). The Morgan fingerprint density at radius 2 is 1.32 bits per heavy atom. The molecule has 0 aliphatic heterocycles. The molecule has 3 heteroatoms. The number of nitrogens with zero attached hydrogens (tertiary/aromatic N) is 2. The fourth-order valence-corrected chi connectivity index (χ4v) is 5.15. The van der Waals surface area contributed by atoms with Gasteiger partial charge in [0.05, 0.1) is 11.4 Å². The Labute approximate surface area is 136 Å². The second kappa shape index (κ2) is 7.83. The highest BCUT2D eigenvalue weighted by Gasteiger charge is 2.18. The molecule has 2 heterocycles. The van der Waals surface area contributed by atoms with Crippen molar-refractivity contribution in [1.29, 1.82) is 0 Å². The van der Waals surface area contributed by atoms with Gasteiger partial charge in [-0.2, -0.15) is 0 Å². The van der Waals surface area contributed by atoms with Gasteiger partial charge in [-0.25, -0.2) is 0 Å². The van der Waals surface area contributed by atoms with Crippen molar-refractivity contribution in [2.75, 3.05) is 0 Å². The van der Waals surface area contributed by atoms with Crippen LogP contribution in [0.25, 0.3) is 11.4 Å². The molecule has 2 aromatic rings. The number of rotatable bonds is 6. The highest BCUT2D eigenvalue weighted by molar-refractivity contribution is 7.58. The summed E-state index contributed by atoms with van der Waals surface area (Å²) in [5.74, 6) is 0. The number of hydrogen-bond donors (Lipinski definition) is 0. The molecule has 0 fully saturated rings. The third-order valence-corrected chi connectivity index (χ3v) is 7.25. The maximum absolute atomic E-state index is 4.88. The molecule has 0 unspecified atom stereocenters. The van der Waals surface area contributed by atoms with Gasteiger partial charge in [-0.05, 0) is 42.0 Å². The Morgan fingerprint density at radius 1 is 0.818 bits per heavy atom. The van der Waals surface area contributed by atoms with Crippen LogP contribution in [0.3, 0.4) is 0 Å². The summed E-state index contributed by atoms with van der Waals surface area (Å²) < 4.78 is 0. The molecule has 0 radical (unpaired) electrons. The molecule has 0 amide bonds. The lowest BCUT2D eigenvalue weighted by Crippen LogP contribution is -2.06. The highest BCUT2D eigenvalue weighted by atomic mass is 31.1. The number of pyridine rings is 2. The third-order valence-electron chi connectivity index (χ3n) is 3.91. The molecule has 0 N–H and O–H groups in total. The molecule has 0 aromatic carbocycles. The van der Waals surface area contributed by atoms with Crippen LogP contribution in [0, 0.1) is 0 Å². The van der Waals surface area contributed by atoms with Crippen LogP contribution >= 0.6 is 7.92 Å². The van der Waals surface area contributed by atoms with Gasteiger partial charge in [0.15, 0.2) is 0 Å². The summed E-state index contributed by atoms with van der Waals surface area (Å²) in [5, 5.41) is 0. The van der Waals surface area contributed by atoms with Gasteiger partial charge in [-0.15, -0.1) is 0 Å². The van der Waals surface area contributed by atoms with Crippen LogP contribution in [0.1, 0.15) is 46.0 Å². The van der Waals surface area contributed by atoms with E-state index in [4.69, 9.17) is 9.97 Å². The van der Waals surface area contributed by atoms with E-state index in [1.54, 1.807) is 0 Å². The van der Waals surface area contributed by atoms with E-state index >= 15 is 0 Å². The van der Waals surface area contributed by atoms with Crippen LogP contribution in [-0.2, 0) is 12.6 Å². The van der Waals surface area contributed by atoms with Crippen molar-refractivity contribution in [3.63, 3.8) is 0 Å². The molecule has 0 saturated heterocycles. The molecule has 2 nitrogen and oxygen atoms in total. The molecule has 0 aliphatic rings. The second-order valence-corrected chi connectivity index (χ2v) is 9.65. The minimum atomic E-state index is -0.0284. The molecule has 0 aliphatic carbocycles. The Hall–Kier alpha value is -1.27. The van der Waals surface area contributed by atoms with E-state index in [-0.39, 0.29) is 7.92 Å². The topological polar surface area (TPSA) is 25.8 Å². The summed E-state index contributed by atoms with van der Waals surface area (Å²) in [6, 6.07) is 12.5. The van der Waals surface area contributed by atoms with Crippen LogP contribution in [0.15, 0.2) is 36.4 Å². The van der Waals surface area contributed by atoms with Crippen molar-refractivity contribution in [3.8, 4) is 11.4 Å². The normalized spacial score (nSPS) is 11.6. The van der Waals surface area contributed by atoms with Gasteiger partial charge in [0, 0.05) is 17.5 Å². The SMILES string of the molecule is CCc1cccc(-c2cccc(CP(C(C)C)C(C)C)n2)n1. The smallest absolute Gasteiger partial charge is 0.0889 e. The quantitative estimate of drug-likeness (QED) is 0.657. The molecule has 2 aromatic heterocycles. The fraction of sp³-hybridized carbons (Fsp3) is 0.474. The average molecular weight is 314 g/mol. The molecule has 0 atom stereocenters. The molecule has 0 saturated carbocycles. The fourth-order valence-electron chi connectivity index (χ4n) is 2.68. The number of aryl methyl sites for hydroxylation is 1. The zero-order valence-corrected chi connectivity index (χ0v) is 15.3. The van der Waals surface area contributed by atoms with Crippen LogP contribution in [0.5, 0.6) is 0 Å². The molecule has 118 valence electrons. The van der Waals surface area contributed by atoms with Crippen molar-refractivity contribution in [1.82, 2.24) is 9.97 Å². The molecule has 0 spiro atoms. The standard InChI is InChI=1S/C19H27N2P/c1-6-16-9-7-11-18(20-16)19-12-8-10-17(21-19)13-22(14(2)3)15(4)5/h7-12,14-15H,6,13H2,1-5H3. The molecular weight excluding hydrogens is 287 g/mol. The molecule has 22 heavy (non-hydrogen) atoms. The minimum Gasteiger partial charge on any atom is -0.251 e. The first-order valence-electron chi connectivity index (χ1n) is 8.19. The molecular formula is C19H27N2P. The summed E-state index contributed by atoms with van der Waals surface area (Å²) in [6.45, 7) is 11.5. The van der Waals surface area contributed by atoms with Crippen molar-refractivity contribution in [2.24, 2.45) is 0 Å².